The lowest BCUT2D eigenvalue weighted by Gasteiger charge is -2.31. The Kier molecular flexibility index (Phi) is 5.02. The molecule has 1 fully saturated rings. The molecule has 1 aliphatic rings. The van der Waals surface area contributed by atoms with Crippen molar-refractivity contribution in [2.45, 2.75) is 33.2 Å². The van der Waals surface area contributed by atoms with E-state index in [2.05, 4.69) is 22.2 Å². The lowest BCUT2D eigenvalue weighted by Crippen LogP contribution is -2.39. The number of amides is 1. The Morgan fingerprint density at radius 1 is 1.19 bits per heavy atom. The molecule has 0 N–H and O–H groups in total. The minimum absolute atomic E-state index is 0.00416. The van der Waals surface area contributed by atoms with Gasteiger partial charge in [0.15, 0.2) is 0 Å². The first-order valence-corrected chi connectivity index (χ1v) is 10.8. The third-order valence-electron chi connectivity index (χ3n) is 5.90. The van der Waals surface area contributed by atoms with Gasteiger partial charge in [0.25, 0.3) is 11.6 Å². The van der Waals surface area contributed by atoms with Gasteiger partial charge in [0, 0.05) is 31.4 Å². The number of nitrogens with zero attached hydrogens (tertiary/aromatic N) is 5. The van der Waals surface area contributed by atoms with Crippen molar-refractivity contribution in [1.82, 2.24) is 24.8 Å². The van der Waals surface area contributed by atoms with Crippen molar-refractivity contribution in [1.29, 1.82) is 0 Å². The average Bonchev–Trinajstić information content (AvgIpc) is 3.46. The van der Waals surface area contributed by atoms with E-state index in [9.17, 15) is 4.79 Å². The number of pyridine rings is 1. The maximum Gasteiger partial charge on any atom is 0.259 e. The summed E-state index contributed by atoms with van der Waals surface area (Å²) in [6.45, 7) is 6.51. The number of likely N-dealkylation sites (tertiary alicyclic amines) is 1. The second kappa shape index (κ2) is 7.98. The van der Waals surface area contributed by atoms with Crippen molar-refractivity contribution in [2.24, 2.45) is 5.92 Å². The number of aryl methyl sites for hydroxylation is 1. The zero-order valence-electron chi connectivity index (χ0n) is 17.8. The molecule has 0 aliphatic carbocycles. The quantitative estimate of drug-likeness (QED) is 0.485. The first-order chi connectivity index (χ1) is 15.1. The zero-order valence-corrected chi connectivity index (χ0v) is 17.8. The van der Waals surface area contributed by atoms with E-state index in [1.807, 2.05) is 65.2 Å². The van der Waals surface area contributed by atoms with Gasteiger partial charge in [-0.15, -0.1) is 0 Å². The number of hydrogen-bond acceptors (Lipinski definition) is 5. The highest BCUT2D eigenvalue weighted by Gasteiger charge is 2.28. The van der Waals surface area contributed by atoms with Crippen LogP contribution in [-0.4, -0.2) is 43.8 Å². The summed E-state index contributed by atoms with van der Waals surface area (Å²) in [7, 11) is 0. The molecule has 1 amide bonds. The van der Waals surface area contributed by atoms with Gasteiger partial charge in [-0.1, -0.05) is 42.4 Å². The predicted octanol–water partition coefficient (Wildman–Crippen LogP) is 4.65. The molecule has 1 unspecified atom stereocenters. The standard InChI is InChI=1S/C24H25N5O2/c1-3-29-13-11-19(26-29)20-14-18(24(30)28-12-7-8-16(2)15-28)21-22(27-31-23(21)25-20)17-9-5-4-6-10-17/h4-6,9-11,13-14,16H,3,7-8,12,15H2,1-2H3. The summed E-state index contributed by atoms with van der Waals surface area (Å²) in [5, 5.41) is 9.51. The molecule has 1 saturated heterocycles. The molecular weight excluding hydrogens is 390 g/mol. The molecule has 5 rings (SSSR count). The largest absolute Gasteiger partial charge is 0.338 e. The third kappa shape index (κ3) is 3.60. The van der Waals surface area contributed by atoms with E-state index >= 15 is 0 Å². The van der Waals surface area contributed by atoms with Crippen LogP contribution in [0.15, 0.2) is 53.2 Å². The smallest absolute Gasteiger partial charge is 0.259 e. The van der Waals surface area contributed by atoms with Crippen LogP contribution in [0.1, 0.15) is 37.0 Å². The number of piperidine rings is 1. The molecular formula is C24H25N5O2. The van der Waals surface area contributed by atoms with E-state index in [0.29, 0.717) is 39.7 Å². The molecule has 1 aromatic carbocycles. The Balaban J connectivity index is 1.68. The molecule has 31 heavy (non-hydrogen) atoms. The average molecular weight is 415 g/mol. The zero-order chi connectivity index (χ0) is 21.4. The summed E-state index contributed by atoms with van der Waals surface area (Å²) in [6.07, 6.45) is 4.08. The molecule has 4 heterocycles. The summed E-state index contributed by atoms with van der Waals surface area (Å²) < 4.78 is 7.47. The first-order valence-electron chi connectivity index (χ1n) is 10.8. The number of fused-ring (bicyclic) bond motifs is 1. The van der Waals surface area contributed by atoms with E-state index in [-0.39, 0.29) is 5.91 Å². The molecule has 7 nitrogen and oxygen atoms in total. The highest BCUT2D eigenvalue weighted by atomic mass is 16.5. The summed E-state index contributed by atoms with van der Waals surface area (Å²) in [6, 6.07) is 13.5. The molecule has 0 saturated carbocycles. The Bertz CT molecular complexity index is 1230. The molecule has 158 valence electrons. The van der Waals surface area contributed by atoms with Crippen molar-refractivity contribution < 1.29 is 9.32 Å². The maximum atomic E-state index is 13.7. The molecule has 7 heteroatoms. The number of benzene rings is 1. The summed E-state index contributed by atoms with van der Waals surface area (Å²) in [5.74, 6) is 0.487. The van der Waals surface area contributed by atoms with Gasteiger partial charge in [-0.05, 0) is 37.8 Å². The second-order valence-electron chi connectivity index (χ2n) is 8.19. The van der Waals surface area contributed by atoms with E-state index < -0.39 is 0 Å². The highest BCUT2D eigenvalue weighted by Crippen LogP contribution is 2.33. The molecule has 3 aromatic heterocycles. The van der Waals surface area contributed by atoms with Crippen LogP contribution >= 0.6 is 0 Å². The van der Waals surface area contributed by atoms with Gasteiger partial charge in [0.2, 0.25) is 0 Å². The van der Waals surface area contributed by atoms with Crippen LogP contribution in [-0.2, 0) is 6.54 Å². The van der Waals surface area contributed by atoms with Crippen molar-refractivity contribution >= 4 is 17.0 Å². The van der Waals surface area contributed by atoms with Gasteiger partial charge in [0.1, 0.15) is 11.4 Å². The van der Waals surface area contributed by atoms with Crippen molar-refractivity contribution in [3.05, 3.63) is 54.2 Å². The molecule has 0 radical (unpaired) electrons. The Labute approximate surface area is 180 Å². The highest BCUT2D eigenvalue weighted by molar-refractivity contribution is 6.10. The Hall–Kier alpha value is -3.48. The Morgan fingerprint density at radius 3 is 2.77 bits per heavy atom. The third-order valence-corrected chi connectivity index (χ3v) is 5.90. The van der Waals surface area contributed by atoms with Crippen LogP contribution in [0.3, 0.4) is 0 Å². The van der Waals surface area contributed by atoms with Crippen LogP contribution in [0.4, 0.5) is 0 Å². The SMILES string of the molecule is CCn1ccc(-c2cc(C(=O)N3CCCC(C)C3)c3c(-c4ccccc4)noc3n2)n1. The topological polar surface area (TPSA) is 77.0 Å². The van der Waals surface area contributed by atoms with Gasteiger partial charge in [-0.25, -0.2) is 4.98 Å². The molecule has 1 atom stereocenters. The summed E-state index contributed by atoms with van der Waals surface area (Å²) in [4.78, 5) is 20.3. The van der Waals surface area contributed by atoms with Crippen LogP contribution in [0.2, 0.25) is 0 Å². The fraction of sp³-hybridized carbons (Fsp3) is 0.333. The normalized spacial score (nSPS) is 16.7. The van der Waals surface area contributed by atoms with Gasteiger partial charge in [-0.3, -0.25) is 9.48 Å². The Morgan fingerprint density at radius 2 is 2.03 bits per heavy atom. The van der Waals surface area contributed by atoms with Crippen molar-refractivity contribution in [2.75, 3.05) is 13.1 Å². The second-order valence-corrected chi connectivity index (χ2v) is 8.19. The minimum atomic E-state index is -0.00416. The lowest BCUT2D eigenvalue weighted by molar-refractivity contribution is 0.0685. The summed E-state index contributed by atoms with van der Waals surface area (Å²) >= 11 is 0. The molecule has 4 aromatic rings. The van der Waals surface area contributed by atoms with Gasteiger partial charge in [-0.2, -0.15) is 5.10 Å². The van der Waals surface area contributed by atoms with Crippen LogP contribution in [0.5, 0.6) is 0 Å². The van der Waals surface area contributed by atoms with E-state index in [0.717, 1.165) is 38.0 Å². The molecule has 0 bridgehead atoms. The van der Waals surface area contributed by atoms with E-state index in [1.54, 1.807) is 0 Å². The van der Waals surface area contributed by atoms with Crippen LogP contribution < -0.4 is 0 Å². The lowest BCUT2D eigenvalue weighted by atomic mass is 9.98. The van der Waals surface area contributed by atoms with E-state index in [4.69, 9.17) is 4.52 Å². The van der Waals surface area contributed by atoms with E-state index in [1.165, 1.54) is 0 Å². The van der Waals surface area contributed by atoms with Gasteiger partial charge in [0.05, 0.1) is 16.6 Å². The predicted molar refractivity (Wildman–Crippen MR) is 118 cm³/mol. The number of carbonyl (C=O) groups is 1. The maximum absolute atomic E-state index is 13.7. The van der Waals surface area contributed by atoms with Crippen LogP contribution in [0.25, 0.3) is 33.7 Å². The van der Waals surface area contributed by atoms with Crippen molar-refractivity contribution in [3.63, 3.8) is 0 Å². The number of hydrogen-bond donors (Lipinski definition) is 0. The first kappa shape index (κ1) is 19.5. The minimum Gasteiger partial charge on any atom is -0.338 e. The molecule has 0 spiro atoms. The summed E-state index contributed by atoms with van der Waals surface area (Å²) in [5.41, 5.74) is 3.79. The van der Waals surface area contributed by atoms with Gasteiger partial charge < -0.3 is 9.42 Å². The number of aromatic nitrogens is 4. The van der Waals surface area contributed by atoms with Crippen molar-refractivity contribution in [3.8, 4) is 22.6 Å². The molecule has 1 aliphatic heterocycles. The van der Waals surface area contributed by atoms with Gasteiger partial charge >= 0.3 is 0 Å². The number of carbonyl (C=O) groups excluding carboxylic acids is 1. The number of rotatable bonds is 4. The monoisotopic (exact) mass is 415 g/mol. The van der Waals surface area contributed by atoms with Crippen LogP contribution in [0, 0.1) is 5.92 Å². The fourth-order valence-corrected chi connectivity index (χ4v) is 4.26. The fourth-order valence-electron chi connectivity index (χ4n) is 4.26.